The molecule has 1 heterocycles. The maximum absolute atomic E-state index is 13.4. The van der Waals surface area contributed by atoms with Gasteiger partial charge in [-0.1, -0.05) is 48.0 Å². The first-order valence-corrected chi connectivity index (χ1v) is 12.2. The van der Waals surface area contributed by atoms with Crippen LogP contribution in [0.15, 0.2) is 77.7 Å². The van der Waals surface area contributed by atoms with Crippen molar-refractivity contribution in [1.82, 2.24) is 5.32 Å². The average molecular weight is 487 g/mol. The van der Waals surface area contributed by atoms with Crippen LogP contribution in [0.1, 0.15) is 5.56 Å². The monoisotopic (exact) mass is 486 g/mol. The van der Waals surface area contributed by atoms with E-state index >= 15 is 0 Å². The van der Waals surface area contributed by atoms with Gasteiger partial charge in [0.2, 0.25) is 5.91 Å². The van der Waals surface area contributed by atoms with Gasteiger partial charge in [-0.3, -0.25) is 9.10 Å². The van der Waals surface area contributed by atoms with Crippen molar-refractivity contribution in [2.24, 2.45) is 0 Å². The maximum atomic E-state index is 13.4. The Bertz CT molecular complexity index is 1250. The molecule has 4 rings (SSSR count). The number of ether oxygens (including phenoxy) is 2. The summed E-state index contributed by atoms with van der Waals surface area (Å²) in [4.78, 5) is 12.9. The molecule has 1 aliphatic heterocycles. The van der Waals surface area contributed by atoms with Gasteiger partial charge in [-0.15, -0.1) is 0 Å². The molecule has 33 heavy (non-hydrogen) atoms. The van der Waals surface area contributed by atoms with Gasteiger partial charge in [-0.25, -0.2) is 8.42 Å². The lowest BCUT2D eigenvalue weighted by Crippen LogP contribution is -2.45. The normalized spacial score (nSPS) is 15.0. The van der Waals surface area contributed by atoms with E-state index in [4.69, 9.17) is 21.1 Å². The molecule has 0 bridgehead atoms. The van der Waals surface area contributed by atoms with Crippen LogP contribution < -0.4 is 19.1 Å². The fourth-order valence-corrected chi connectivity index (χ4v) is 5.13. The molecule has 0 aromatic heterocycles. The van der Waals surface area contributed by atoms with E-state index in [1.54, 1.807) is 49.4 Å². The SMILES string of the molecule is Cc1c(Cl)cccc1N(CC(=O)NCC1COc2ccccc2O1)S(=O)(=O)c1ccccc1. The molecule has 0 spiro atoms. The molecular formula is C24H23ClN2O5S. The molecule has 1 amide bonds. The maximum Gasteiger partial charge on any atom is 0.264 e. The van der Waals surface area contributed by atoms with E-state index in [0.717, 1.165) is 4.31 Å². The van der Waals surface area contributed by atoms with Crippen molar-refractivity contribution < 1.29 is 22.7 Å². The predicted octanol–water partition coefficient (Wildman–Crippen LogP) is 3.80. The largest absolute Gasteiger partial charge is 0.486 e. The smallest absolute Gasteiger partial charge is 0.264 e. The van der Waals surface area contributed by atoms with Gasteiger partial charge in [0.05, 0.1) is 17.1 Å². The first-order chi connectivity index (χ1) is 15.9. The molecular weight excluding hydrogens is 464 g/mol. The molecule has 1 atom stereocenters. The number of benzene rings is 3. The number of nitrogens with zero attached hydrogens (tertiary/aromatic N) is 1. The number of para-hydroxylation sites is 2. The standard InChI is InChI=1S/C24H23ClN2O5S/c1-17-20(25)10-7-11-21(17)27(33(29,30)19-8-3-2-4-9-19)15-24(28)26-14-18-16-31-22-12-5-6-13-23(22)32-18/h2-13,18H,14-16H2,1H3,(H,26,28). The minimum absolute atomic E-state index is 0.0813. The van der Waals surface area contributed by atoms with Gasteiger partial charge in [0.25, 0.3) is 10.0 Å². The van der Waals surface area contributed by atoms with E-state index in [2.05, 4.69) is 5.32 Å². The van der Waals surface area contributed by atoms with Crippen LogP contribution in [-0.4, -0.2) is 40.1 Å². The summed E-state index contributed by atoms with van der Waals surface area (Å²) in [7, 11) is -4.01. The average Bonchev–Trinajstić information content (AvgIpc) is 2.83. The molecule has 9 heteroatoms. The van der Waals surface area contributed by atoms with Gasteiger partial charge in [-0.05, 0) is 48.9 Å². The van der Waals surface area contributed by atoms with E-state index in [9.17, 15) is 13.2 Å². The van der Waals surface area contributed by atoms with E-state index in [1.165, 1.54) is 12.1 Å². The van der Waals surface area contributed by atoms with Gasteiger partial charge >= 0.3 is 0 Å². The van der Waals surface area contributed by atoms with E-state index < -0.39 is 28.6 Å². The Hall–Kier alpha value is -3.23. The van der Waals surface area contributed by atoms with Gasteiger partial charge in [-0.2, -0.15) is 0 Å². The van der Waals surface area contributed by atoms with Crippen LogP contribution in [0.4, 0.5) is 5.69 Å². The number of amides is 1. The zero-order valence-electron chi connectivity index (χ0n) is 17.9. The van der Waals surface area contributed by atoms with Crippen molar-refractivity contribution in [1.29, 1.82) is 0 Å². The molecule has 0 radical (unpaired) electrons. The summed E-state index contributed by atoms with van der Waals surface area (Å²) < 4.78 is 39.5. The summed E-state index contributed by atoms with van der Waals surface area (Å²) >= 11 is 6.24. The number of halogens is 1. The highest BCUT2D eigenvalue weighted by Gasteiger charge is 2.29. The number of nitrogens with one attached hydrogen (secondary N) is 1. The van der Waals surface area contributed by atoms with Crippen LogP contribution in [0.3, 0.4) is 0 Å². The highest BCUT2D eigenvalue weighted by Crippen LogP contribution is 2.32. The Kier molecular flexibility index (Phi) is 6.76. The highest BCUT2D eigenvalue weighted by atomic mass is 35.5. The number of carbonyl (C=O) groups is 1. The van der Waals surface area contributed by atoms with E-state index in [1.807, 2.05) is 18.2 Å². The summed E-state index contributed by atoms with van der Waals surface area (Å²) in [6, 6.07) is 20.2. The lowest BCUT2D eigenvalue weighted by Gasteiger charge is -2.28. The summed E-state index contributed by atoms with van der Waals surface area (Å²) in [6.45, 7) is 1.74. The Balaban J connectivity index is 1.52. The minimum Gasteiger partial charge on any atom is -0.486 e. The first-order valence-electron chi connectivity index (χ1n) is 10.3. The Labute approximate surface area is 197 Å². The zero-order chi connectivity index (χ0) is 23.4. The van der Waals surface area contributed by atoms with Crippen LogP contribution in [0.5, 0.6) is 11.5 Å². The number of hydrogen-bond acceptors (Lipinski definition) is 5. The predicted molar refractivity (Wildman–Crippen MR) is 127 cm³/mol. The highest BCUT2D eigenvalue weighted by molar-refractivity contribution is 7.92. The third kappa shape index (κ3) is 5.07. The Morgan fingerprint density at radius 2 is 1.73 bits per heavy atom. The molecule has 0 saturated heterocycles. The third-order valence-corrected chi connectivity index (χ3v) is 7.40. The van der Waals surface area contributed by atoms with E-state index in [0.29, 0.717) is 27.8 Å². The summed E-state index contributed by atoms with van der Waals surface area (Å²) in [5.41, 5.74) is 0.903. The molecule has 1 aliphatic rings. The summed E-state index contributed by atoms with van der Waals surface area (Å²) in [6.07, 6.45) is -0.393. The lowest BCUT2D eigenvalue weighted by molar-refractivity contribution is -0.120. The van der Waals surface area contributed by atoms with Gasteiger partial charge in [0.1, 0.15) is 19.3 Å². The zero-order valence-corrected chi connectivity index (χ0v) is 19.5. The summed E-state index contributed by atoms with van der Waals surface area (Å²) in [5.74, 6) is 0.777. The quantitative estimate of drug-likeness (QED) is 0.549. The second-order valence-electron chi connectivity index (χ2n) is 7.51. The van der Waals surface area contributed by atoms with Crippen molar-refractivity contribution in [3.05, 3.63) is 83.4 Å². The molecule has 0 saturated carbocycles. The number of anilines is 1. The van der Waals surface area contributed by atoms with Crippen molar-refractivity contribution >= 4 is 33.2 Å². The second kappa shape index (κ2) is 9.72. The number of fused-ring (bicyclic) bond motifs is 1. The van der Waals surface area contributed by atoms with Crippen molar-refractivity contribution in [3.8, 4) is 11.5 Å². The van der Waals surface area contributed by atoms with Crippen molar-refractivity contribution in [2.45, 2.75) is 17.9 Å². The van der Waals surface area contributed by atoms with Gasteiger partial charge in [0.15, 0.2) is 11.5 Å². The van der Waals surface area contributed by atoms with Crippen LogP contribution >= 0.6 is 11.6 Å². The van der Waals surface area contributed by atoms with Crippen LogP contribution in [0.25, 0.3) is 0 Å². The molecule has 3 aromatic carbocycles. The van der Waals surface area contributed by atoms with Crippen LogP contribution in [0, 0.1) is 6.92 Å². The fourth-order valence-electron chi connectivity index (χ4n) is 3.46. The molecule has 1 unspecified atom stereocenters. The molecule has 0 fully saturated rings. The van der Waals surface area contributed by atoms with Crippen LogP contribution in [0.2, 0.25) is 5.02 Å². The Morgan fingerprint density at radius 3 is 2.48 bits per heavy atom. The molecule has 7 nitrogen and oxygen atoms in total. The number of sulfonamides is 1. The van der Waals surface area contributed by atoms with Crippen LogP contribution in [-0.2, 0) is 14.8 Å². The minimum atomic E-state index is -4.01. The number of hydrogen-bond donors (Lipinski definition) is 1. The second-order valence-corrected chi connectivity index (χ2v) is 9.78. The fraction of sp³-hybridized carbons (Fsp3) is 0.208. The van der Waals surface area contributed by atoms with E-state index in [-0.39, 0.29) is 18.0 Å². The lowest BCUT2D eigenvalue weighted by atomic mass is 10.2. The molecule has 0 aliphatic carbocycles. The Morgan fingerprint density at radius 1 is 1.03 bits per heavy atom. The summed E-state index contributed by atoms with van der Waals surface area (Å²) in [5, 5.41) is 3.17. The molecule has 3 aromatic rings. The third-order valence-electron chi connectivity index (χ3n) is 5.22. The van der Waals surface area contributed by atoms with Crippen molar-refractivity contribution in [2.75, 3.05) is 24.0 Å². The van der Waals surface area contributed by atoms with Crippen molar-refractivity contribution in [3.63, 3.8) is 0 Å². The number of carbonyl (C=O) groups excluding carboxylic acids is 1. The first kappa shape index (κ1) is 22.9. The van der Waals surface area contributed by atoms with Gasteiger partial charge < -0.3 is 14.8 Å². The number of rotatable bonds is 7. The topological polar surface area (TPSA) is 84.9 Å². The molecule has 172 valence electrons. The molecule has 1 N–H and O–H groups in total. The van der Waals surface area contributed by atoms with Gasteiger partial charge in [0, 0.05) is 5.02 Å².